The van der Waals surface area contributed by atoms with Crippen molar-refractivity contribution in [2.45, 2.75) is 32.7 Å². The zero-order chi connectivity index (χ0) is 11.5. The summed E-state index contributed by atoms with van der Waals surface area (Å²) in [4.78, 5) is 13.6. The molecule has 0 unspecified atom stereocenters. The summed E-state index contributed by atoms with van der Waals surface area (Å²) in [7, 11) is 0. The van der Waals surface area contributed by atoms with Gasteiger partial charge in [0.2, 0.25) is 0 Å². The number of hydrogen-bond acceptors (Lipinski definition) is 3. The van der Waals surface area contributed by atoms with Crippen LogP contribution in [-0.4, -0.2) is 11.0 Å². The maximum Gasteiger partial charge on any atom is 0.417 e. The Morgan fingerprint density at radius 3 is 2.81 bits per heavy atom. The lowest BCUT2D eigenvalue weighted by molar-refractivity contribution is 0.555. The number of fused-ring (bicyclic) bond motifs is 1. The average molecular weight is 220 g/mol. The molecule has 1 aromatic heterocycles. The fourth-order valence-electron chi connectivity index (χ4n) is 1.77. The molecule has 16 heavy (non-hydrogen) atoms. The van der Waals surface area contributed by atoms with Crippen molar-refractivity contribution in [2.24, 2.45) is 0 Å². The molecule has 0 amide bonds. The molecule has 0 aliphatic heterocycles. The van der Waals surface area contributed by atoms with Crippen molar-refractivity contribution >= 4 is 16.8 Å². The van der Waals surface area contributed by atoms with Gasteiger partial charge in [0.25, 0.3) is 0 Å². The van der Waals surface area contributed by atoms with E-state index in [2.05, 4.69) is 24.1 Å². The summed E-state index contributed by atoms with van der Waals surface area (Å²) in [5, 5.41) is 3.42. The maximum atomic E-state index is 11.0. The monoisotopic (exact) mass is 220 g/mol. The SMILES string of the molecule is CCC(CC)Nc1ccc2oc(=O)[nH]c2c1. The zero-order valence-electron chi connectivity index (χ0n) is 9.54. The molecule has 4 nitrogen and oxygen atoms in total. The Kier molecular flexibility index (Phi) is 2.99. The van der Waals surface area contributed by atoms with Crippen LogP contribution in [0.15, 0.2) is 27.4 Å². The normalized spacial score (nSPS) is 11.2. The first kappa shape index (κ1) is 10.8. The summed E-state index contributed by atoms with van der Waals surface area (Å²) in [5.41, 5.74) is 2.35. The Hall–Kier alpha value is -1.71. The van der Waals surface area contributed by atoms with E-state index in [1.165, 1.54) is 0 Å². The molecule has 0 spiro atoms. The van der Waals surface area contributed by atoms with Crippen molar-refractivity contribution in [1.82, 2.24) is 4.98 Å². The fourth-order valence-corrected chi connectivity index (χ4v) is 1.77. The minimum atomic E-state index is -0.408. The van der Waals surface area contributed by atoms with E-state index in [1.54, 1.807) is 6.07 Å². The van der Waals surface area contributed by atoms with Gasteiger partial charge >= 0.3 is 5.76 Å². The van der Waals surface area contributed by atoms with Gasteiger partial charge in [-0.05, 0) is 31.0 Å². The predicted molar refractivity (Wildman–Crippen MR) is 64.8 cm³/mol. The van der Waals surface area contributed by atoms with Gasteiger partial charge in [0.1, 0.15) is 0 Å². The van der Waals surface area contributed by atoms with Crippen LogP contribution < -0.4 is 11.1 Å². The van der Waals surface area contributed by atoms with Crippen molar-refractivity contribution < 1.29 is 4.42 Å². The number of nitrogens with one attached hydrogen (secondary N) is 2. The van der Waals surface area contributed by atoms with E-state index in [-0.39, 0.29) is 0 Å². The third-order valence-electron chi connectivity index (χ3n) is 2.78. The molecular weight excluding hydrogens is 204 g/mol. The van der Waals surface area contributed by atoms with Crippen LogP contribution in [-0.2, 0) is 0 Å². The van der Waals surface area contributed by atoms with Gasteiger partial charge < -0.3 is 9.73 Å². The fraction of sp³-hybridized carbons (Fsp3) is 0.417. The van der Waals surface area contributed by atoms with Crippen LogP contribution in [0.25, 0.3) is 11.1 Å². The number of H-pyrrole nitrogens is 1. The van der Waals surface area contributed by atoms with E-state index in [0.29, 0.717) is 11.6 Å². The molecule has 2 rings (SSSR count). The highest BCUT2D eigenvalue weighted by Crippen LogP contribution is 2.18. The average Bonchev–Trinajstić information content (AvgIpc) is 2.65. The Morgan fingerprint density at radius 2 is 2.12 bits per heavy atom. The van der Waals surface area contributed by atoms with Crippen LogP contribution in [0, 0.1) is 0 Å². The van der Waals surface area contributed by atoms with Crippen LogP contribution in [0.2, 0.25) is 0 Å². The minimum Gasteiger partial charge on any atom is -0.408 e. The molecule has 1 aromatic carbocycles. The maximum absolute atomic E-state index is 11.0. The quantitative estimate of drug-likeness (QED) is 0.832. The van der Waals surface area contributed by atoms with E-state index in [4.69, 9.17) is 4.42 Å². The Balaban J connectivity index is 2.28. The van der Waals surface area contributed by atoms with Gasteiger partial charge in [0.15, 0.2) is 5.58 Å². The number of anilines is 1. The van der Waals surface area contributed by atoms with Crippen LogP contribution in [0.4, 0.5) is 5.69 Å². The topological polar surface area (TPSA) is 58.0 Å². The Morgan fingerprint density at radius 1 is 1.38 bits per heavy atom. The highest BCUT2D eigenvalue weighted by Gasteiger charge is 2.05. The predicted octanol–water partition coefficient (Wildman–Crippen LogP) is 2.72. The molecule has 0 saturated carbocycles. The standard InChI is InChI=1S/C12H16N2O2/c1-3-8(4-2)13-9-5-6-11-10(7-9)14-12(15)16-11/h5-8,13H,3-4H2,1-2H3,(H,14,15). The van der Waals surface area contributed by atoms with E-state index in [9.17, 15) is 4.79 Å². The first-order valence-corrected chi connectivity index (χ1v) is 5.62. The summed E-state index contributed by atoms with van der Waals surface area (Å²) in [6.07, 6.45) is 2.16. The number of aromatic amines is 1. The van der Waals surface area contributed by atoms with Gasteiger partial charge in [-0.15, -0.1) is 0 Å². The van der Waals surface area contributed by atoms with E-state index in [0.717, 1.165) is 24.0 Å². The third-order valence-corrected chi connectivity index (χ3v) is 2.78. The van der Waals surface area contributed by atoms with Crippen molar-refractivity contribution in [3.8, 4) is 0 Å². The number of benzene rings is 1. The first-order valence-electron chi connectivity index (χ1n) is 5.62. The molecule has 0 fully saturated rings. The minimum absolute atomic E-state index is 0.408. The lowest BCUT2D eigenvalue weighted by atomic mass is 10.1. The van der Waals surface area contributed by atoms with Crippen LogP contribution in [0.1, 0.15) is 26.7 Å². The molecular formula is C12H16N2O2. The summed E-state index contributed by atoms with van der Waals surface area (Å²) < 4.78 is 4.94. The summed E-state index contributed by atoms with van der Waals surface area (Å²) in [5.74, 6) is -0.408. The number of aromatic nitrogens is 1. The van der Waals surface area contributed by atoms with Crippen molar-refractivity contribution in [1.29, 1.82) is 0 Å². The second-order valence-corrected chi connectivity index (χ2v) is 3.88. The molecule has 86 valence electrons. The smallest absolute Gasteiger partial charge is 0.408 e. The van der Waals surface area contributed by atoms with Gasteiger partial charge in [0.05, 0.1) is 5.52 Å². The molecule has 0 aliphatic rings. The van der Waals surface area contributed by atoms with Crippen molar-refractivity contribution in [3.63, 3.8) is 0 Å². The van der Waals surface area contributed by atoms with Gasteiger partial charge in [-0.25, -0.2) is 4.79 Å². The lowest BCUT2D eigenvalue weighted by Crippen LogP contribution is -2.16. The number of rotatable bonds is 4. The summed E-state index contributed by atoms with van der Waals surface area (Å²) >= 11 is 0. The van der Waals surface area contributed by atoms with Crippen LogP contribution in [0.3, 0.4) is 0 Å². The molecule has 0 saturated heterocycles. The second kappa shape index (κ2) is 4.43. The molecule has 4 heteroatoms. The Bertz CT molecular complexity index is 523. The van der Waals surface area contributed by atoms with Crippen LogP contribution in [0.5, 0.6) is 0 Å². The molecule has 2 aromatic rings. The zero-order valence-corrected chi connectivity index (χ0v) is 9.54. The molecule has 0 bridgehead atoms. The number of hydrogen-bond donors (Lipinski definition) is 2. The molecule has 1 heterocycles. The summed E-state index contributed by atoms with van der Waals surface area (Å²) in [6, 6.07) is 6.10. The van der Waals surface area contributed by atoms with Gasteiger partial charge in [-0.1, -0.05) is 13.8 Å². The second-order valence-electron chi connectivity index (χ2n) is 3.88. The molecule has 2 N–H and O–H groups in total. The van der Waals surface area contributed by atoms with Crippen LogP contribution >= 0.6 is 0 Å². The first-order chi connectivity index (χ1) is 7.72. The Labute approximate surface area is 93.7 Å². The molecule has 0 aliphatic carbocycles. The third kappa shape index (κ3) is 2.10. The highest BCUT2D eigenvalue weighted by molar-refractivity contribution is 5.76. The largest absolute Gasteiger partial charge is 0.417 e. The van der Waals surface area contributed by atoms with E-state index in [1.807, 2.05) is 12.1 Å². The lowest BCUT2D eigenvalue weighted by Gasteiger charge is -2.15. The van der Waals surface area contributed by atoms with Crippen molar-refractivity contribution in [2.75, 3.05) is 5.32 Å². The van der Waals surface area contributed by atoms with Gasteiger partial charge in [-0.3, -0.25) is 4.98 Å². The number of oxazole rings is 1. The molecule has 0 radical (unpaired) electrons. The summed E-state index contributed by atoms with van der Waals surface area (Å²) in [6.45, 7) is 4.30. The molecule has 0 atom stereocenters. The van der Waals surface area contributed by atoms with E-state index < -0.39 is 5.76 Å². The highest BCUT2D eigenvalue weighted by atomic mass is 16.4. The van der Waals surface area contributed by atoms with Crippen molar-refractivity contribution in [3.05, 3.63) is 28.7 Å². The van der Waals surface area contributed by atoms with Gasteiger partial charge in [-0.2, -0.15) is 0 Å². The van der Waals surface area contributed by atoms with Gasteiger partial charge in [0, 0.05) is 11.7 Å². The van der Waals surface area contributed by atoms with E-state index >= 15 is 0 Å².